The summed E-state index contributed by atoms with van der Waals surface area (Å²) in [6.07, 6.45) is 7.41. The van der Waals surface area contributed by atoms with Crippen molar-refractivity contribution in [1.82, 2.24) is 9.97 Å². The first-order valence-corrected chi connectivity index (χ1v) is 15.4. The average Bonchev–Trinajstić information content (AvgIpc) is 3.53. The van der Waals surface area contributed by atoms with E-state index in [4.69, 9.17) is 4.98 Å². The van der Waals surface area contributed by atoms with Crippen LogP contribution in [0.15, 0.2) is 97.0 Å². The van der Waals surface area contributed by atoms with Gasteiger partial charge in [-0.2, -0.15) is 0 Å². The standard InChI is InChI=1S/C35H25N3O2Se/c1-34(2)25-10-6-11-26-29(25)38(32-27(34)12-7-15-37-32)33-28(35(26,3)20-13-16-36-17-14-20)19-21(41-33)18-24-30(39)22-8-4-5-9-23(22)31(24)40/h4-19H,1-3H3. The Labute approximate surface area is 244 Å². The van der Waals surface area contributed by atoms with E-state index in [-0.39, 0.29) is 37.1 Å². The molecule has 2 aromatic carbocycles. The average molecular weight is 599 g/mol. The zero-order chi connectivity index (χ0) is 28.1. The summed E-state index contributed by atoms with van der Waals surface area (Å²) in [5, 5.41) is 0. The number of para-hydroxylation sites is 1. The summed E-state index contributed by atoms with van der Waals surface area (Å²) in [5.74, 6) is 0.564. The number of pyridine rings is 2. The van der Waals surface area contributed by atoms with E-state index in [1.165, 1.54) is 32.5 Å². The van der Waals surface area contributed by atoms with Gasteiger partial charge in [-0.25, -0.2) is 0 Å². The number of nitrogens with zero attached hydrogens (tertiary/aromatic N) is 3. The van der Waals surface area contributed by atoms with E-state index in [0.29, 0.717) is 11.1 Å². The van der Waals surface area contributed by atoms with Crippen LogP contribution in [0.2, 0.25) is 0 Å². The van der Waals surface area contributed by atoms with E-state index in [2.05, 4.69) is 73.1 Å². The van der Waals surface area contributed by atoms with Gasteiger partial charge in [0.2, 0.25) is 0 Å². The minimum atomic E-state index is -0.461. The zero-order valence-corrected chi connectivity index (χ0v) is 24.5. The van der Waals surface area contributed by atoms with Gasteiger partial charge in [0.05, 0.1) is 0 Å². The summed E-state index contributed by atoms with van der Waals surface area (Å²) in [6.45, 7) is 6.84. The molecule has 0 bridgehead atoms. The third-order valence-electron chi connectivity index (χ3n) is 9.07. The van der Waals surface area contributed by atoms with Crippen LogP contribution in [0.1, 0.15) is 73.7 Å². The van der Waals surface area contributed by atoms with Crippen LogP contribution in [0, 0.1) is 0 Å². The SMILES string of the molecule is CC1(C)c2cccnc2N2c3[se]c(C=C4C(=O)c5ccccc5C4=O)cc3C(C)(c3ccncc3)c3cccc1c32. The van der Waals surface area contributed by atoms with E-state index < -0.39 is 5.41 Å². The van der Waals surface area contributed by atoms with Crippen molar-refractivity contribution < 1.29 is 9.59 Å². The molecule has 1 unspecified atom stereocenters. The molecule has 1 aliphatic carbocycles. The van der Waals surface area contributed by atoms with Gasteiger partial charge in [0, 0.05) is 0 Å². The number of fused-ring (bicyclic) bond motifs is 5. The summed E-state index contributed by atoms with van der Waals surface area (Å²) in [7, 11) is 0. The number of carbonyl (C=O) groups is 2. The number of allylic oxidation sites excluding steroid dienone is 1. The number of hydrogen-bond acceptors (Lipinski definition) is 5. The monoisotopic (exact) mass is 599 g/mol. The van der Waals surface area contributed by atoms with Crippen molar-refractivity contribution in [1.29, 1.82) is 0 Å². The Morgan fingerprint density at radius 2 is 1.44 bits per heavy atom. The second kappa shape index (κ2) is 8.32. The van der Waals surface area contributed by atoms with Gasteiger partial charge in [-0.05, 0) is 0 Å². The number of carbonyl (C=O) groups excluding carboxylic acids is 2. The molecule has 8 rings (SSSR count). The second-order valence-corrected chi connectivity index (χ2v) is 13.8. The molecule has 6 heteroatoms. The van der Waals surface area contributed by atoms with Crippen LogP contribution in [0.5, 0.6) is 0 Å². The molecule has 1 atom stereocenters. The number of anilines is 3. The van der Waals surface area contributed by atoms with E-state index in [0.717, 1.165) is 15.8 Å². The maximum absolute atomic E-state index is 13.3. The Balaban J connectivity index is 1.42. The molecular weight excluding hydrogens is 573 g/mol. The number of aromatic nitrogens is 2. The zero-order valence-electron chi connectivity index (χ0n) is 22.8. The van der Waals surface area contributed by atoms with Crippen LogP contribution in [0.25, 0.3) is 6.08 Å². The van der Waals surface area contributed by atoms with Crippen molar-refractivity contribution in [3.05, 3.63) is 140 Å². The van der Waals surface area contributed by atoms with Gasteiger partial charge in [0.25, 0.3) is 0 Å². The van der Waals surface area contributed by atoms with E-state index in [9.17, 15) is 9.59 Å². The van der Waals surface area contributed by atoms with Gasteiger partial charge in [-0.15, -0.1) is 0 Å². The van der Waals surface area contributed by atoms with Crippen LogP contribution >= 0.6 is 0 Å². The minimum absolute atomic E-state index is 0.174. The second-order valence-electron chi connectivity index (χ2n) is 11.5. The van der Waals surface area contributed by atoms with E-state index >= 15 is 0 Å². The van der Waals surface area contributed by atoms with Crippen LogP contribution < -0.4 is 4.90 Å². The van der Waals surface area contributed by atoms with Crippen molar-refractivity contribution >= 4 is 48.2 Å². The van der Waals surface area contributed by atoms with Gasteiger partial charge >= 0.3 is 245 Å². The molecular formula is C35H25N3O2Se. The Kier molecular flexibility index (Phi) is 4.96. The summed E-state index contributed by atoms with van der Waals surface area (Å²) in [6, 6.07) is 24.3. The van der Waals surface area contributed by atoms with Gasteiger partial charge in [-0.3, -0.25) is 0 Å². The molecule has 0 radical (unpaired) electrons. The molecule has 0 saturated heterocycles. The fraction of sp³-hybridized carbons (Fsp3) is 0.143. The first kappa shape index (κ1) is 24.4. The molecule has 0 amide bonds. The third kappa shape index (κ3) is 3.12. The Bertz CT molecular complexity index is 1950. The maximum atomic E-state index is 13.3. The molecule has 198 valence electrons. The van der Waals surface area contributed by atoms with Crippen molar-refractivity contribution in [2.45, 2.75) is 31.6 Å². The summed E-state index contributed by atoms with van der Waals surface area (Å²) < 4.78 is 2.19. The van der Waals surface area contributed by atoms with E-state index in [1.807, 2.05) is 42.9 Å². The summed E-state index contributed by atoms with van der Waals surface area (Å²) >= 11 is -0.174. The Morgan fingerprint density at radius 1 is 0.756 bits per heavy atom. The van der Waals surface area contributed by atoms with E-state index in [1.54, 1.807) is 12.1 Å². The molecule has 5 nitrogen and oxygen atoms in total. The molecule has 0 saturated carbocycles. The Hall–Kier alpha value is -4.38. The molecule has 0 fully saturated rings. The summed E-state index contributed by atoms with van der Waals surface area (Å²) in [4.78, 5) is 38.2. The van der Waals surface area contributed by atoms with Crippen LogP contribution in [0.4, 0.5) is 16.1 Å². The van der Waals surface area contributed by atoms with Crippen molar-refractivity contribution in [2.24, 2.45) is 0 Å². The van der Waals surface area contributed by atoms with Gasteiger partial charge < -0.3 is 0 Å². The number of rotatable bonds is 2. The molecule has 0 spiro atoms. The first-order chi connectivity index (χ1) is 19.8. The predicted octanol–water partition coefficient (Wildman–Crippen LogP) is 6.77. The van der Waals surface area contributed by atoms with Gasteiger partial charge in [0.15, 0.2) is 0 Å². The molecule has 41 heavy (non-hydrogen) atoms. The summed E-state index contributed by atoms with van der Waals surface area (Å²) in [5.41, 5.74) is 7.71. The topological polar surface area (TPSA) is 63.2 Å². The fourth-order valence-electron chi connectivity index (χ4n) is 6.89. The van der Waals surface area contributed by atoms with Crippen LogP contribution in [0.3, 0.4) is 0 Å². The predicted molar refractivity (Wildman–Crippen MR) is 161 cm³/mol. The number of Topliss-reactive ketones (excluding diaryl/α,β-unsaturated/α-hetero) is 2. The molecule has 0 N–H and O–H groups in total. The molecule has 2 aliphatic heterocycles. The number of benzene rings is 2. The first-order valence-electron chi connectivity index (χ1n) is 13.7. The quantitative estimate of drug-likeness (QED) is 0.128. The van der Waals surface area contributed by atoms with Crippen LogP contribution in [-0.4, -0.2) is 36.0 Å². The van der Waals surface area contributed by atoms with Crippen molar-refractivity contribution in [2.75, 3.05) is 4.90 Å². The number of ketones is 2. The molecule has 5 heterocycles. The van der Waals surface area contributed by atoms with Crippen molar-refractivity contribution in [3.63, 3.8) is 0 Å². The van der Waals surface area contributed by atoms with Gasteiger partial charge in [0.1, 0.15) is 0 Å². The molecule has 5 aromatic rings. The third-order valence-corrected chi connectivity index (χ3v) is 11.3. The van der Waals surface area contributed by atoms with Crippen molar-refractivity contribution in [3.8, 4) is 0 Å². The normalized spacial score (nSPS) is 19.4. The van der Waals surface area contributed by atoms with Gasteiger partial charge in [-0.1, -0.05) is 0 Å². The molecule has 3 aromatic heterocycles. The Morgan fingerprint density at radius 3 is 2.17 bits per heavy atom. The van der Waals surface area contributed by atoms with Crippen LogP contribution in [-0.2, 0) is 10.8 Å². The number of hydrogen-bond donors (Lipinski definition) is 0. The molecule has 3 aliphatic rings. The fourth-order valence-corrected chi connectivity index (χ4v) is 9.44.